The van der Waals surface area contributed by atoms with Crippen molar-refractivity contribution < 1.29 is 9.53 Å². The predicted octanol–water partition coefficient (Wildman–Crippen LogP) is 1.43. The predicted molar refractivity (Wildman–Crippen MR) is 51.0 cm³/mol. The van der Waals surface area contributed by atoms with Crippen molar-refractivity contribution >= 4 is 5.97 Å². The number of ether oxygens (including phenoxy) is 1. The summed E-state index contributed by atoms with van der Waals surface area (Å²) in [5.74, 6) is 0.226. The van der Waals surface area contributed by atoms with Crippen LogP contribution in [0.3, 0.4) is 0 Å². The molecule has 0 aromatic heterocycles. The zero-order valence-electron chi connectivity index (χ0n) is 7.68. The average Bonchev–Trinajstić information content (AvgIpc) is 1.98. The van der Waals surface area contributed by atoms with Gasteiger partial charge in [0.25, 0.3) is 0 Å². The second-order valence-corrected chi connectivity index (χ2v) is 3.03. The lowest BCUT2D eigenvalue weighted by atomic mass is 10.2. The van der Waals surface area contributed by atoms with Gasteiger partial charge in [0.15, 0.2) is 0 Å². The molecule has 3 nitrogen and oxygen atoms in total. The van der Waals surface area contributed by atoms with E-state index >= 15 is 0 Å². The normalized spacial score (nSPS) is 12.1. The van der Waals surface area contributed by atoms with E-state index < -0.39 is 0 Å². The van der Waals surface area contributed by atoms with E-state index in [1.165, 1.54) is 0 Å². The van der Waals surface area contributed by atoms with Gasteiger partial charge in [-0.1, -0.05) is 21.3 Å². The van der Waals surface area contributed by atoms with E-state index in [-0.39, 0.29) is 19.4 Å². The fourth-order valence-corrected chi connectivity index (χ4v) is 0.492. The molecular formula is C9H21NO2. The Hall–Kier alpha value is -0.570. The summed E-state index contributed by atoms with van der Waals surface area (Å²) in [6.07, 6.45) is 0. The fourth-order valence-electron chi connectivity index (χ4n) is 0.492. The molecule has 0 rings (SSSR count). The van der Waals surface area contributed by atoms with Crippen LogP contribution in [0.5, 0.6) is 0 Å². The molecule has 0 radical (unpaired) electrons. The molecule has 1 atom stereocenters. The monoisotopic (exact) mass is 175 g/mol. The molecule has 0 spiro atoms. The number of carbonyl (C=O) groups is 1. The second-order valence-electron chi connectivity index (χ2n) is 3.03. The van der Waals surface area contributed by atoms with Gasteiger partial charge in [-0.2, -0.15) is 0 Å². The third kappa shape index (κ3) is 6.16. The first kappa shape index (κ1) is 14.0. The van der Waals surface area contributed by atoms with Gasteiger partial charge in [0.05, 0.1) is 6.61 Å². The highest BCUT2D eigenvalue weighted by atomic mass is 16.5. The van der Waals surface area contributed by atoms with Gasteiger partial charge in [0, 0.05) is 0 Å². The molecule has 0 aliphatic rings. The number of esters is 1. The van der Waals surface area contributed by atoms with Crippen molar-refractivity contribution in [2.24, 2.45) is 5.92 Å². The summed E-state index contributed by atoms with van der Waals surface area (Å²) in [5.41, 5.74) is 0. The maximum absolute atomic E-state index is 11.0. The molecule has 0 saturated heterocycles. The van der Waals surface area contributed by atoms with Crippen LogP contribution in [0.25, 0.3) is 0 Å². The minimum absolute atomic E-state index is 0. The largest absolute Gasteiger partial charge is 0.464 e. The van der Waals surface area contributed by atoms with Crippen LogP contribution in [0.4, 0.5) is 0 Å². The number of carbonyl (C=O) groups excluding carboxylic acids is 1. The molecule has 0 aromatic carbocycles. The molecule has 12 heavy (non-hydrogen) atoms. The Morgan fingerprint density at radius 2 is 1.92 bits per heavy atom. The molecule has 0 saturated carbocycles. The summed E-state index contributed by atoms with van der Waals surface area (Å²) in [6, 6.07) is -0.200. The van der Waals surface area contributed by atoms with Crippen LogP contribution in [-0.2, 0) is 9.53 Å². The van der Waals surface area contributed by atoms with E-state index in [0.717, 1.165) is 0 Å². The van der Waals surface area contributed by atoms with Crippen molar-refractivity contribution in [1.29, 1.82) is 0 Å². The molecule has 0 aromatic rings. The average molecular weight is 175 g/mol. The molecule has 0 bridgehead atoms. The van der Waals surface area contributed by atoms with Gasteiger partial charge in [-0.3, -0.25) is 4.79 Å². The summed E-state index contributed by atoms with van der Waals surface area (Å²) in [7, 11) is 1.74. The van der Waals surface area contributed by atoms with E-state index in [0.29, 0.717) is 12.5 Å². The van der Waals surface area contributed by atoms with E-state index in [4.69, 9.17) is 4.74 Å². The summed E-state index contributed by atoms with van der Waals surface area (Å²) in [4.78, 5) is 11.0. The van der Waals surface area contributed by atoms with Crippen molar-refractivity contribution in [2.75, 3.05) is 13.7 Å². The Labute approximate surface area is 75.5 Å². The maximum atomic E-state index is 11.0. The molecule has 1 N–H and O–H groups in total. The van der Waals surface area contributed by atoms with Crippen molar-refractivity contribution in [2.45, 2.75) is 34.2 Å². The van der Waals surface area contributed by atoms with Crippen LogP contribution in [0.15, 0.2) is 0 Å². The highest BCUT2D eigenvalue weighted by molar-refractivity contribution is 5.75. The highest BCUT2D eigenvalue weighted by Gasteiger charge is 2.11. The minimum atomic E-state index is -0.200. The van der Waals surface area contributed by atoms with E-state index in [9.17, 15) is 4.79 Å². The Balaban J connectivity index is 0. The standard InChI is InChI=1S/C8H17NO2.CH4/c1-6(2)5-11-8(10)7(3)9-4;/h6-7,9H,5H2,1-4H3;1H4. The third-order valence-corrected chi connectivity index (χ3v) is 1.35. The van der Waals surface area contributed by atoms with Crippen molar-refractivity contribution in [1.82, 2.24) is 5.32 Å². The first-order valence-electron chi connectivity index (χ1n) is 3.91. The van der Waals surface area contributed by atoms with Gasteiger partial charge < -0.3 is 10.1 Å². The zero-order valence-corrected chi connectivity index (χ0v) is 7.68. The molecule has 1 unspecified atom stereocenters. The van der Waals surface area contributed by atoms with E-state index in [1.54, 1.807) is 14.0 Å². The zero-order chi connectivity index (χ0) is 8.85. The lowest BCUT2D eigenvalue weighted by molar-refractivity contribution is -0.146. The quantitative estimate of drug-likeness (QED) is 0.657. The van der Waals surface area contributed by atoms with Crippen molar-refractivity contribution in [3.05, 3.63) is 0 Å². The summed E-state index contributed by atoms with van der Waals surface area (Å²) in [5, 5.41) is 2.81. The Morgan fingerprint density at radius 3 is 2.25 bits per heavy atom. The maximum Gasteiger partial charge on any atom is 0.322 e. The molecule has 0 heterocycles. The molecule has 0 fully saturated rings. The smallest absolute Gasteiger partial charge is 0.322 e. The van der Waals surface area contributed by atoms with Crippen LogP contribution in [0.2, 0.25) is 0 Å². The summed E-state index contributed by atoms with van der Waals surface area (Å²) in [6.45, 7) is 6.31. The Morgan fingerprint density at radius 1 is 1.42 bits per heavy atom. The second kappa shape index (κ2) is 7.10. The van der Waals surface area contributed by atoms with Gasteiger partial charge in [0.1, 0.15) is 6.04 Å². The van der Waals surface area contributed by atoms with Crippen molar-refractivity contribution in [3.63, 3.8) is 0 Å². The third-order valence-electron chi connectivity index (χ3n) is 1.35. The topological polar surface area (TPSA) is 38.3 Å². The summed E-state index contributed by atoms with van der Waals surface area (Å²) < 4.78 is 4.95. The molecular weight excluding hydrogens is 154 g/mol. The molecule has 0 aliphatic heterocycles. The number of hydrogen-bond donors (Lipinski definition) is 1. The number of likely N-dealkylation sites (N-methyl/N-ethyl adjacent to an activating group) is 1. The minimum Gasteiger partial charge on any atom is -0.464 e. The van der Waals surface area contributed by atoms with Gasteiger partial charge in [-0.25, -0.2) is 0 Å². The van der Waals surface area contributed by atoms with Crippen LogP contribution < -0.4 is 5.32 Å². The molecule has 74 valence electrons. The van der Waals surface area contributed by atoms with Crippen LogP contribution >= 0.6 is 0 Å². The van der Waals surface area contributed by atoms with Crippen LogP contribution in [0, 0.1) is 5.92 Å². The Bertz CT molecular complexity index is 124. The van der Waals surface area contributed by atoms with Gasteiger partial charge in [0.2, 0.25) is 0 Å². The van der Waals surface area contributed by atoms with Gasteiger partial charge in [-0.05, 0) is 19.9 Å². The summed E-state index contributed by atoms with van der Waals surface area (Å²) >= 11 is 0. The van der Waals surface area contributed by atoms with E-state index in [2.05, 4.69) is 5.32 Å². The Kier molecular flexibility index (Phi) is 8.27. The number of rotatable bonds is 4. The molecule has 0 amide bonds. The first-order chi connectivity index (χ1) is 5.07. The number of hydrogen-bond acceptors (Lipinski definition) is 3. The van der Waals surface area contributed by atoms with Crippen molar-refractivity contribution in [3.8, 4) is 0 Å². The molecule has 0 aliphatic carbocycles. The van der Waals surface area contributed by atoms with Gasteiger partial charge >= 0.3 is 5.97 Å². The number of nitrogens with one attached hydrogen (secondary N) is 1. The lowest BCUT2D eigenvalue weighted by Gasteiger charge is -2.11. The lowest BCUT2D eigenvalue weighted by Crippen LogP contribution is -2.33. The first-order valence-corrected chi connectivity index (χ1v) is 3.91. The SMILES string of the molecule is C.CNC(C)C(=O)OCC(C)C. The highest BCUT2D eigenvalue weighted by Crippen LogP contribution is 1.94. The van der Waals surface area contributed by atoms with Crippen LogP contribution in [0.1, 0.15) is 28.2 Å². The fraction of sp³-hybridized carbons (Fsp3) is 0.889. The molecule has 3 heteroatoms. The van der Waals surface area contributed by atoms with E-state index in [1.807, 2.05) is 13.8 Å². The van der Waals surface area contributed by atoms with Gasteiger partial charge in [-0.15, -0.1) is 0 Å². The van der Waals surface area contributed by atoms with Crippen LogP contribution in [-0.4, -0.2) is 25.7 Å².